The first-order valence-corrected chi connectivity index (χ1v) is 14.4. The molecule has 0 saturated carbocycles. The molecule has 0 unspecified atom stereocenters. The number of benzene rings is 5. The number of aromatic nitrogens is 2. The maximum absolute atomic E-state index is 12.9. The number of fused-ring (bicyclic) bond motifs is 5. The van der Waals surface area contributed by atoms with Crippen molar-refractivity contribution in [2.45, 2.75) is 4.90 Å². The summed E-state index contributed by atoms with van der Waals surface area (Å²) in [6, 6.07) is 25.4. The zero-order valence-corrected chi connectivity index (χ0v) is 23.8. The second-order valence-corrected chi connectivity index (χ2v) is 11.4. The first kappa shape index (κ1) is 29.0. The van der Waals surface area contributed by atoms with Gasteiger partial charge in [0.1, 0.15) is 11.7 Å². The maximum atomic E-state index is 12.9. The highest BCUT2D eigenvalue weighted by molar-refractivity contribution is 7.86. The molecule has 0 radical (unpaired) electrons. The van der Waals surface area contributed by atoms with E-state index in [1.807, 2.05) is 12.9 Å². The predicted octanol–water partition coefficient (Wildman–Crippen LogP) is 6.88. The van der Waals surface area contributed by atoms with E-state index in [9.17, 15) is 18.0 Å². The van der Waals surface area contributed by atoms with E-state index in [0.717, 1.165) is 5.39 Å². The topological polar surface area (TPSA) is 137 Å². The molecule has 7 aromatic rings. The van der Waals surface area contributed by atoms with E-state index in [2.05, 4.69) is 9.97 Å². The maximum Gasteiger partial charge on any atom is 0.295 e. The lowest BCUT2D eigenvalue weighted by atomic mass is 10.1. The summed E-state index contributed by atoms with van der Waals surface area (Å²) >= 11 is 12.0. The average Bonchev–Trinajstić information content (AvgIpc) is 2.98. The second-order valence-electron chi connectivity index (χ2n) is 9.18. The van der Waals surface area contributed by atoms with Crippen molar-refractivity contribution in [2.75, 3.05) is 0 Å². The molecule has 0 fully saturated rings. The number of pyridine rings is 2. The predicted molar refractivity (Wildman–Crippen MR) is 169 cm³/mol. The zero-order valence-electron chi connectivity index (χ0n) is 21.5. The molecule has 0 bridgehead atoms. The van der Waals surface area contributed by atoms with Crippen LogP contribution in [-0.4, -0.2) is 29.7 Å². The molecule has 42 heavy (non-hydrogen) atoms. The molecule has 0 atom stereocenters. The van der Waals surface area contributed by atoms with Crippen LogP contribution in [0.4, 0.5) is 0 Å². The van der Waals surface area contributed by atoms with Crippen molar-refractivity contribution in [3.05, 3.63) is 121 Å². The SMILES string of the molecule is C=O.O=S(=O)(O)c1cccc2ccccc12.O=c1c2cc(Cl)ccc2[nH]c2cc3c(=O)c4cc(Cl)ccc4[nH]c3cc12. The van der Waals surface area contributed by atoms with Gasteiger partial charge in [-0.25, -0.2) is 0 Å². The van der Waals surface area contributed by atoms with Gasteiger partial charge in [-0.05, 0) is 60.0 Å². The van der Waals surface area contributed by atoms with Crippen LogP contribution in [-0.2, 0) is 14.9 Å². The van der Waals surface area contributed by atoms with E-state index in [1.165, 1.54) is 6.07 Å². The van der Waals surface area contributed by atoms with Crippen molar-refractivity contribution >= 4 is 94.5 Å². The standard InChI is InChI=1S/C20H10Cl2N2O2.C10H8O3S.CH2O/c21-9-1-3-15-11(5-9)19(25)13-8-18-14(7-17(13)23-15)20(26)12-6-10(22)2-4-16(12)24-18;11-14(12,13)10-7-3-5-8-4-1-2-6-9(8)10;1-2/h1-8H,(H,23,25)(H,24,26);1-7H,(H,11,12,13);1H2. The summed E-state index contributed by atoms with van der Waals surface area (Å²) in [5, 5.41) is 4.35. The van der Waals surface area contributed by atoms with Crippen LogP contribution >= 0.6 is 23.2 Å². The molecule has 2 aromatic heterocycles. The van der Waals surface area contributed by atoms with Gasteiger partial charge in [0, 0.05) is 48.0 Å². The van der Waals surface area contributed by atoms with Gasteiger partial charge in [-0.3, -0.25) is 14.1 Å². The molecule has 0 spiro atoms. The van der Waals surface area contributed by atoms with E-state index in [-0.39, 0.29) is 15.8 Å². The molecule has 0 amide bonds. The number of hydrogen-bond donors (Lipinski definition) is 3. The van der Waals surface area contributed by atoms with Crippen LogP contribution in [0.3, 0.4) is 0 Å². The fourth-order valence-electron chi connectivity index (χ4n) is 4.81. The first-order chi connectivity index (χ1) is 20.1. The summed E-state index contributed by atoms with van der Waals surface area (Å²) in [5.74, 6) is 0. The van der Waals surface area contributed by atoms with Gasteiger partial charge in [0.15, 0.2) is 10.9 Å². The number of H-pyrrole nitrogens is 2. The number of carbonyl (C=O) groups is 1. The van der Waals surface area contributed by atoms with Gasteiger partial charge in [-0.1, -0.05) is 59.6 Å². The Balaban J connectivity index is 0.000000187. The lowest BCUT2D eigenvalue weighted by Gasteiger charge is -2.07. The highest BCUT2D eigenvalue weighted by atomic mass is 35.5. The Morgan fingerprint density at radius 3 is 1.52 bits per heavy atom. The van der Waals surface area contributed by atoms with Gasteiger partial charge in [-0.15, -0.1) is 0 Å². The lowest BCUT2D eigenvalue weighted by molar-refractivity contribution is -0.0980. The number of carbonyl (C=O) groups excluding carboxylic acids is 1. The van der Waals surface area contributed by atoms with Crippen LogP contribution in [0, 0.1) is 0 Å². The Bertz CT molecular complexity index is 2280. The quantitative estimate of drug-likeness (QED) is 0.135. The Labute approximate surface area is 247 Å². The van der Waals surface area contributed by atoms with Crippen molar-refractivity contribution in [2.24, 2.45) is 0 Å². The van der Waals surface area contributed by atoms with E-state index in [4.69, 9.17) is 32.5 Å². The van der Waals surface area contributed by atoms with Gasteiger partial charge in [0.2, 0.25) is 0 Å². The molecule has 0 aliphatic heterocycles. The van der Waals surface area contributed by atoms with Crippen LogP contribution in [0.2, 0.25) is 10.0 Å². The molecular weight excluding hydrogens is 599 g/mol. The highest BCUT2D eigenvalue weighted by Crippen LogP contribution is 2.24. The van der Waals surface area contributed by atoms with Crippen LogP contribution in [0.25, 0.3) is 54.4 Å². The third-order valence-corrected chi connectivity index (χ3v) is 8.05. The van der Waals surface area contributed by atoms with Gasteiger partial charge in [-0.2, -0.15) is 8.42 Å². The van der Waals surface area contributed by atoms with Crippen molar-refractivity contribution in [1.29, 1.82) is 0 Å². The molecule has 0 aliphatic rings. The summed E-state index contributed by atoms with van der Waals surface area (Å²) < 4.78 is 31.0. The fourth-order valence-corrected chi connectivity index (χ4v) is 5.87. The molecule has 7 rings (SSSR count). The number of hydrogen-bond acceptors (Lipinski definition) is 5. The summed E-state index contributed by atoms with van der Waals surface area (Å²) in [7, 11) is -4.13. The molecule has 0 saturated heterocycles. The molecule has 3 N–H and O–H groups in total. The monoisotopic (exact) mass is 618 g/mol. The number of aromatic amines is 2. The Morgan fingerprint density at radius 2 is 1.02 bits per heavy atom. The van der Waals surface area contributed by atoms with E-state index in [0.29, 0.717) is 59.0 Å². The summed E-state index contributed by atoms with van der Waals surface area (Å²) in [6.45, 7) is 2.00. The molecule has 11 heteroatoms. The smallest absolute Gasteiger partial charge is 0.295 e. The normalized spacial score (nSPS) is 11.3. The molecule has 5 aromatic carbocycles. The zero-order chi connectivity index (χ0) is 30.2. The summed E-state index contributed by atoms with van der Waals surface area (Å²) in [6.07, 6.45) is 0. The first-order valence-electron chi connectivity index (χ1n) is 12.2. The molecule has 2 heterocycles. The number of halogens is 2. The highest BCUT2D eigenvalue weighted by Gasteiger charge is 2.13. The largest absolute Gasteiger partial charge is 0.354 e. The Hall–Kier alpha value is -4.54. The molecule has 0 aliphatic carbocycles. The Kier molecular flexibility index (Phi) is 7.85. The number of nitrogens with one attached hydrogen (secondary N) is 2. The van der Waals surface area contributed by atoms with Crippen LogP contribution in [0.15, 0.2) is 105 Å². The van der Waals surface area contributed by atoms with Gasteiger partial charge in [0.25, 0.3) is 10.1 Å². The van der Waals surface area contributed by atoms with Crippen molar-refractivity contribution < 1.29 is 17.8 Å². The van der Waals surface area contributed by atoms with Gasteiger partial charge >= 0.3 is 0 Å². The number of rotatable bonds is 1. The molecule has 210 valence electrons. The average molecular weight is 619 g/mol. The van der Waals surface area contributed by atoms with Crippen LogP contribution in [0.5, 0.6) is 0 Å². The molecule has 8 nitrogen and oxygen atoms in total. The fraction of sp³-hybridized carbons (Fsp3) is 0. The van der Waals surface area contributed by atoms with Crippen molar-refractivity contribution in [1.82, 2.24) is 9.97 Å². The minimum Gasteiger partial charge on any atom is -0.354 e. The van der Waals surface area contributed by atoms with E-state index < -0.39 is 10.1 Å². The van der Waals surface area contributed by atoms with Crippen molar-refractivity contribution in [3.63, 3.8) is 0 Å². The van der Waals surface area contributed by atoms with E-state index >= 15 is 0 Å². The third-order valence-electron chi connectivity index (χ3n) is 6.67. The minimum absolute atomic E-state index is 0.0457. The van der Waals surface area contributed by atoms with Crippen LogP contribution in [0.1, 0.15) is 0 Å². The van der Waals surface area contributed by atoms with Crippen LogP contribution < -0.4 is 10.9 Å². The summed E-state index contributed by atoms with van der Waals surface area (Å²) in [5.41, 5.74) is 2.29. The van der Waals surface area contributed by atoms with E-state index in [1.54, 1.807) is 78.9 Å². The Morgan fingerprint density at radius 1 is 0.571 bits per heavy atom. The summed E-state index contributed by atoms with van der Waals surface area (Å²) in [4.78, 5) is 40.2. The second kappa shape index (κ2) is 11.4. The third kappa shape index (κ3) is 5.38. The lowest BCUT2D eigenvalue weighted by Crippen LogP contribution is -2.08. The van der Waals surface area contributed by atoms with Crippen molar-refractivity contribution in [3.8, 4) is 0 Å². The van der Waals surface area contributed by atoms with Gasteiger partial charge < -0.3 is 14.8 Å². The molecular formula is C31H20Cl2N2O6S. The minimum atomic E-state index is -4.13. The van der Waals surface area contributed by atoms with Gasteiger partial charge in [0.05, 0.1) is 11.0 Å².